The van der Waals surface area contributed by atoms with E-state index in [2.05, 4.69) is 27.4 Å². The maximum absolute atomic E-state index is 12.5. The number of nitrogens with zero attached hydrogens (tertiary/aromatic N) is 4. The van der Waals surface area contributed by atoms with E-state index in [9.17, 15) is 4.79 Å². The lowest BCUT2D eigenvalue weighted by molar-refractivity contribution is -0.115. The van der Waals surface area contributed by atoms with E-state index < -0.39 is 0 Å². The number of benzene rings is 1. The lowest BCUT2D eigenvalue weighted by Gasteiger charge is -2.14. The summed E-state index contributed by atoms with van der Waals surface area (Å²) in [5.74, 6) is 0.759. The fraction of sp³-hybridized carbons (Fsp3) is 0.294. The molecule has 0 spiro atoms. The number of thioether (sulfide) groups is 1. The average Bonchev–Trinajstić information content (AvgIpc) is 3.29. The van der Waals surface area contributed by atoms with Crippen LogP contribution in [0.3, 0.4) is 0 Å². The molecule has 3 aromatic rings. The minimum Gasteiger partial charge on any atom is -0.302 e. The van der Waals surface area contributed by atoms with Gasteiger partial charge in [0.15, 0.2) is 16.1 Å². The second-order valence-electron chi connectivity index (χ2n) is 5.26. The summed E-state index contributed by atoms with van der Waals surface area (Å²) in [7, 11) is 0. The van der Waals surface area contributed by atoms with Gasteiger partial charge >= 0.3 is 0 Å². The van der Waals surface area contributed by atoms with Gasteiger partial charge in [-0.2, -0.15) is 0 Å². The van der Waals surface area contributed by atoms with Crippen LogP contribution >= 0.6 is 23.1 Å². The van der Waals surface area contributed by atoms with E-state index in [0.717, 1.165) is 23.1 Å². The maximum Gasteiger partial charge on any atom is 0.239 e. The Morgan fingerprint density at radius 1 is 1.28 bits per heavy atom. The van der Waals surface area contributed by atoms with Crippen LogP contribution in [0.2, 0.25) is 0 Å². The normalized spacial score (nSPS) is 12.1. The lowest BCUT2D eigenvalue weighted by atomic mass is 10.2. The number of amides is 1. The summed E-state index contributed by atoms with van der Waals surface area (Å²) in [6.45, 7) is 4.78. The number of hydrogen-bond acceptors (Lipinski definition) is 6. The summed E-state index contributed by atoms with van der Waals surface area (Å²) in [5, 5.41) is 14.5. The van der Waals surface area contributed by atoms with Crippen molar-refractivity contribution < 1.29 is 4.79 Å². The molecular weight excluding hydrogens is 354 g/mol. The molecule has 130 valence electrons. The molecule has 6 nitrogen and oxygen atoms in total. The Hall–Kier alpha value is -2.19. The second-order valence-corrected chi connectivity index (χ2v) is 7.32. The molecule has 3 rings (SSSR count). The number of aromatic nitrogens is 4. The van der Waals surface area contributed by atoms with Crippen molar-refractivity contribution in [1.29, 1.82) is 0 Å². The molecule has 0 aliphatic rings. The SMILES string of the molecule is CCC(Sc1nnc(-c2ccccc2)n1CC)C(=O)Nc1nccs1. The molecule has 0 saturated carbocycles. The Bertz CT molecular complexity index is 817. The molecule has 25 heavy (non-hydrogen) atoms. The van der Waals surface area contributed by atoms with Gasteiger partial charge in [0, 0.05) is 23.7 Å². The number of rotatable bonds is 7. The largest absolute Gasteiger partial charge is 0.302 e. The van der Waals surface area contributed by atoms with Gasteiger partial charge < -0.3 is 9.88 Å². The first kappa shape index (κ1) is 17.6. The maximum atomic E-state index is 12.5. The highest BCUT2D eigenvalue weighted by Gasteiger charge is 2.23. The fourth-order valence-corrected chi connectivity index (χ4v) is 3.93. The van der Waals surface area contributed by atoms with Crippen molar-refractivity contribution in [2.75, 3.05) is 5.32 Å². The van der Waals surface area contributed by atoms with Crippen molar-refractivity contribution in [3.05, 3.63) is 41.9 Å². The van der Waals surface area contributed by atoms with Crippen molar-refractivity contribution in [3.8, 4) is 11.4 Å². The van der Waals surface area contributed by atoms with Gasteiger partial charge in [-0.15, -0.1) is 21.5 Å². The van der Waals surface area contributed by atoms with Crippen molar-refractivity contribution in [2.24, 2.45) is 0 Å². The predicted octanol–water partition coefficient (Wildman–Crippen LogP) is 3.93. The monoisotopic (exact) mass is 373 g/mol. The summed E-state index contributed by atoms with van der Waals surface area (Å²) in [4.78, 5) is 16.6. The molecule has 0 saturated heterocycles. The Balaban J connectivity index is 1.79. The molecule has 0 aliphatic heterocycles. The zero-order valence-electron chi connectivity index (χ0n) is 14.0. The van der Waals surface area contributed by atoms with E-state index in [1.807, 2.05) is 47.2 Å². The van der Waals surface area contributed by atoms with Crippen molar-refractivity contribution in [1.82, 2.24) is 19.7 Å². The Labute approximate surface area is 154 Å². The first-order valence-electron chi connectivity index (χ1n) is 8.08. The Morgan fingerprint density at radius 3 is 2.72 bits per heavy atom. The van der Waals surface area contributed by atoms with E-state index in [4.69, 9.17) is 0 Å². The number of carbonyl (C=O) groups excluding carboxylic acids is 1. The number of hydrogen-bond donors (Lipinski definition) is 1. The topological polar surface area (TPSA) is 72.7 Å². The van der Waals surface area contributed by atoms with Crippen LogP contribution in [-0.4, -0.2) is 30.9 Å². The minimum atomic E-state index is -0.248. The number of nitrogens with one attached hydrogen (secondary N) is 1. The van der Waals surface area contributed by atoms with Gasteiger partial charge in [0.1, 0.15) is 0 Å². The van der Waals surface area contributed by atoms with Crippen LogP contribution in [0.25, 0.3) is 11.4 Å². The standard InChI is InChI=1S/C17H19N5OS2/c1-3-13(15(23)19-16-18-10-11-24-16)25-17-21-20-14(22(17)4-2)12-8-6-5-7-9-12/h5-11,13H,3-4H2,1-2H3,(H,18,19,23). The highest BCUT2D eigenvalue weighted by atomic mass is 32.2. The molecular formula is C17H19N5OS2. The minimum absolute atomic E-state index is 0.0608. The first-order valence-corrected chi connectivity index (χ1v) is 9.84. The molecule has 2 heterocycles. The number of anilines is 1. The molecule has 1 N–H and O–H groups in total. The Morgan fingerprint density at radius 2 is 2.08 bits per heavy atom. The third kappa shape index (κ3) is 4.08. The van der Waals surface area contributed by atoms with Crippen LogP contribution in [0.4, 0.5) is 5.13 Å². The van der Waals surface area contributed by atoms with Gasteiger partial charge in [-0.1, -0.05) is 49.0 Å². The van der Waals surface area contributed by atoms with Crippen LogP contribution < -0.4 is 5.32 Å². The zero-order valence-corrected chi connectivity index (χ0v) is 15.7. The highest BCUT2D eigenvalue weighted by Crippen LogP contribution is 2.29. The van der Waals surface area contributed by atoms with Gasteiger partial charge in [-0.05, 0) is 13.3 Å². The van der Waals surface area contributed by atoms with E-state index in [-0.39, 0.29) is 11.2 Å². The van der Waals surface area contributed by atoms with E-state index >= 15 is 0 Å². The Kier molecular flexibility index (Phi) is 5.83. The van der Waals surface area contributed by atoms with Crippen molar-refractivity contribution in [2.45, 2.75) is 37.2 Å². The molecule has 8 heteroatoms. The third-order valence-corrected chi connectivity index (χ3v) is 5.67. The molecule has 0 fully saturated rings. The van der Waals surface area contributed by atoms with Gasteiger partial charge in [0.2, 0.25) is 5.91 Å². The van der Waals surface area contributed by atoms with E-state index in [1.165, 1.54) is 23.1 Å². The van der Waals surface area contributed by atoms with Crippen LogP contribution in [0.15, 0.2) is 47.1 Å². The highest BCUT2D eigenvalue weighted by molar-refractivity contribution is 8.00. The summed E-state index contributed by atoms with van der Waals surface area (Å²) in [6, 6.07) is 9.95. The fourth-order valence-electron chi connectivity index (χ4n) is 2.38. The zero-order chi connectivity index (χ0) is 17.6. The molecule has 1 atom stereocenters. The average molecular weight is 374 g/mol. The summed E-state index contributed by atoms with van der Waals surface area (Å²) in [6.07, 6.45) is 2.37. The van der Waals surface area contributed by atoms with Crippen LogP contribution in [-0.2, 0) is 11.3 Å². The molecule has 2 aromatic heterocycles. The van der Waals surface area contributed by atoms with E-state index in [0.29, 0.717) is 11.6 Å². The summed E-state index contributed by atoms with van der Waals surface area (Å²) in [5.41, 5.74) is 1.02. The lowest BCUT2D eigenvalue weighted by Crippen LogP contribution is -2.25. The van der Waals surface area contributed by atoms with Crippen LogP contribution in [0.5, 0.6) is 0 Å². The number of carbonyl (C=O) groups is 1. The smallest absolute Gasteiger partial charge is 0.239 e. The van der Waals surface area contributed by atoms with Crippen molar-refractivity contribution in [3.63, 3.8) is 0 Å². The molecule has 0 bridgehead atoms. The van der Waals surface area contributed by atoms with Crippen LogP contribution in [0, 0.1) is 0 Å². The van der Waals surface area contributed by atoms with Gasteiger partial charge in [-0.25, -0.2) is 4.98 Å². The van der Waals surface area contributed by atoms with Gasteiger partial charge in [0.25, 0.3) is 0 Å². The molecule has 1 unspecified atom stereocenters. The van der Waals surface area contributed by atoms with E-state index in [1.54, 1.807) is 6.20 Å². The second kappa shape index (κ2) is 8.26. The van der Waals surface area contributed by atoms with Gasteiger partial charge in [0.05, 0.1) is 5.25 Å². The predicted molar refractivity (Wildman–Crippen MR) is 102 cm³/mol. The summed E-state index contributed by atoms with van der Waals surface area (Å²) < 4.78 is 2.04. The molecule has 0 radical (unpaired) electrons. The number of thiazole rings is 1. The third-order valence-electron chi connectivity index (χ3n) is 3.64. The molecule has 1 aromatic carbocycles. The van der Waals surface area contributed by atoms with Crippen molar-refractivity contribution >= 4 is 34.1 Å². The quantitative estimate of drug-likeness (QED) is 0.635. The summed E-state index contributed by atoms with van der Waals surface area (Å²) >= 11 is 2.85. The molecule has 1 amide bonds. The van der Waals surface area contributed by atoms with Crippen LogP contribution in [0.1, 0.15) is 20.3 Å². The molecule has 0 aliphatic carbocycles. The first-order chi connectivity index (χ1) is 12.2. The van der Waals surface area contributed by atoms with Gasteiger partial charge in [-0.3, -0.25) is 4.79 Å².